The van der Waals surface area contributed by atoms with Crippen LogP contribution < -0.4 is 9.73 Å². The maximum atomic E-state index is 12.6. The molecule has 35 heavy (non-hydrogen) atoms. The maximum Gasteiger partial charge on any atom is 0.260 e. The second-order valence-corrected chi connectivity index (χ2v) is 11.1. The van der Waals surface area contributed by atoms with Gasteiger partial charge in [-0.05, 0) is 68.5 Å². The Morgan fingerprint density at radius 2 is 1.66 bits per heavy atom. The lowest BCUT2D eigenvalue weighted by atomic mass is 10.0. The fourth-order valence-electron chi connectivity index (χ4n) is 4.19. The molecule has 186 valence electrons. The van der Waals surface area contributed by atoms with Crippen molar-refractivity contribution in [1.29, 1.82) is 0 Å². The molecule has 0 aliphatic rings. The van der Waals surface area contributed by atoms with E-state index >= 15 is 0 Å². The van der Waals surface area contributed by atoms with Gasteiger partial charge in [0.15, 0.2) is 0 Å². The van der Waals surface area contributed by atoms with Crippen LogP contribution in [0.2, 0.25) is 0 Å². The van der Waals surface area contributed by atoms with Gasteiger partial charge in [0.05, 0.1) is 23.8 Å². The molecule has 0 aliphatic heterocycles. The van der Waals surface area contributed by atoms with Crippen molar-refractivity contribution >= 4 is 27.8 Å². The first kappa shape index (κ1) is 26.2. The number of rotatable bonds is 8. The van der Waals surface area contributed by atoms with Crippen LogP contribution in [0.1, 0.15) is 53.4 Å². The first-order valence-corrected chi connectivity index (χ1v) is 13.4. The van der Waals surface area contributed by atoms with Crippen LogP contribution in [0.15, 0.2) is 53.6 Å². The fourth-order valence-corrected chi connectivity index (χ4v) is 5.04. The minimum atomic E-state index is -3.65. The molecule has 2 aromatic carbocycles. The van der Waals surface area contributed by atoms with Crippen molar-refractivity contribution < 1.29 is 13.2 Å². The molecule has 0 saturated heterocycles. The molecule has 1 amide bonds. The molecule has 0 unspecified atom stereocenters. The van der Waals surface area contributed by atoms with Gasteiger partial charge in [0, 0.05) is 17.0 Å². The third-order valence-electron chi connectivity index (χ3n) is 6.06. The third-order valence-corrected chi connectivity index (χ3v) is 7.20. The van der Waals surface area contributed by atoms with Crippen molar-refractivity contribution in [2.45, 2.75) is 47.5 Å². The number of aromatic nitrogens is 1. The zero-order chi connectivity index (χ0) is 25.9. The van der Waals surface area contributed by atoms with Gasteiger partial charge in [-0.1, -0.05) is 44.2 Å². The fraction of sp³-hybridized carbons (Fsp3) is 0.333. The molecule has 7 nitrogen and oxygen atoms in total. The van der Waals surface area contributed by atoms with E-state index in [1.165, 1.54) is 11.1 Å². The summed E-state index contributed by atoms with van der Waals surface area (Å²) in [6.45, 7) is 12.0. The van der Waals surface area contributed by atoms with Gasteiger partial charge in [0.1, 0.15) is 6.54 Å². The Bertz CT molecular complexity index is 1330. The molecule has 3 aromatic rings. The number of sulfonamides is 1. The van der Waals surface area contributed by atoms with Crippen molar-refractivity contribution in [3.63, 3.8) is 0 Å². The van der Waals surface area contributed by atoms with E-state index in [1.54, 1.807) is 18.3 Å². The summed E-state index contributed by atoms with van der Waals surface area (Å²) in [5, 5.41) is 4.10. The Balaban J connectivity index is 1.76. The second kappa shape index (κ2) is 10.5. The number of amides is 1. The average molecular weight is 495 g/mol. The highest BCUT2D eigenvalue weighted by Crippen LogP contribution is 2.25. The molecule has 0 radical (unpaired) electrons. The highest BCUT2D eigenvalue weighted by molar-refractivity contribution is 7.92. The SMILES string of the molecule is Cc1cccc(C)c1-n1c(C)cc(/C=N\NC(=O)CN(c2ccc(C(C)C)cc2)S(C)(=O)=O)c1C. The molecule has 8 heteroatoms. The number of hydrogen-bond acceptors (Lipinski definition) is 4. The van der Waals surface area contributed by atoms with E-state index in [1.807, 2.05) is 38.1 Å². The highest BCUT2D eigenvalue weighted by Gasteiger charge is 2.21. The van der Waals surface area contributed by atoms with Gasteiger partial charge in [0.2, 0.25) is 10.0 Å². The zero-order valence-corrected chi connectivity index (χ0v) is 22.3. The van der Waals surface area contributed by atoms with Crippen LogP contribution in [-0.4, -0.2) is 37.9 Å². The molecule has 1 aromatic heterocycles. The van der Waals surface area contributed by atoms with Crippen LogP contribution in [0.3, 0.4) is 0 Å². The third kappa shape index (κ3) is 6.00. The number of aryl methyl sites for hydroxylation is 3. The maximum absolute atomic E-state index is 12.6. The van der Waals surface area contributed by atoms with Gasteiger partial charge >= 0.3 is 0 Å². The van der Waals surface area contributed by atoms with Gasteiger partial charge in [-0.15, -0.1) is 0 Å². The number of nitrogens with one attached hydrogen (secondary N) is 1. The van der Waals surface area contributed by atoms with E-state index in [0.29, 0.717) is 11.6 Å². The van der Waals surface area contributed by atoms with Crippen molar-refractivity contribution in [3.05, 3.63) is 82.2 Å². The lowest BCUT2D eigenvalue weighted by Gasteiger charge is -2.21. The molecular weight excluding hydrogens is 460 g/mol. The van der Waals surface area contributed by atoms with Crippen molar-refractivity contribution in [2.75, 3.05) is 17.1 Å². The smallest absolute Gasteiger partial charge is 0.260 e. The van der Waals surface area contributed by atoms with Crippen LogP contribution in [0.4, 0.5) is 5.69 Å². The first-order chi connectivity index (χ1) is 16.4. The van der Waals surface area contributed by atoms with E-state index in [-0.39, 0.29) is 6.54 Å². The second-order valence-electron chi connectivity index (χ2n) is 9.21. The number of carbonyl (C=O) groups is 1. The molecule has 0 atom stereocenters. The van der Waals surface area contributed by atoms with Gasteiger partial charge in [0.25, 0.3) is 5.91 Å². The summed E-state index contributed by atoms with van der Waals surface area (Å²) in [5.41, 5.74) is 10.4. The molecular formula is C27H34N4O3S. The van der Waals surface area contributed by atoms with Crippen LogP contribution in [0.5, 0.6) is 0 Å². The van der Waals surface area contributed by atoms with E-state index in [9.17, 15) is 13.2 Å². The Labute approximate surface area is 208 Å². The summed E-state index contributed by atoms with van der Waals surface area (Å²) < 4.78 is 28.0. The molecule has 1 heterocycles. The number of benzene rings is 2. The minimum Gasteiger partial charge on any atom is -0.317 e. The van der Waals surface area contributed by atoms with Crippen molar-refractivity contribution in [3.8, 4) is 5.69 Å². The molecule has 0 fully saturated rings. The number of carbonyl (C=O) groups excluding carboxylic acids is 1. The summed E-state index contributed by atoms with van der Waals surface area (Å²) in [6.07, 6.45) is 2.68. The van der Waals surface area contributed by atoms with E-state index in [0.717, 1.165) is 38.8 Å². The van der Waals surface area contributed by atoms with Crippen LogP contribution >= 0.6 is 0 Å². The summed E-state index contributed by atoms with van der Waals surface area (Å²) in [7, 11) is -3.65. The lowest BCUT2D eigenvalue weighted by molar-refractivity contribution is -0.119. The predicted molar refractivity (Wildman–Crippen MR) is 143 cm³/mol. The number of hydrogen-bond donors (Lipinski definition) is 1. The lowest BCUT2D eigenvalue weighted by Crippen LogP contribution is -2.39. The summed E-state index contributed by atoms with van der Waals surface area (Å²) in [4.78, 5) is 12.6. The number of nitrogens with zero attached hydrogens (tertiary/aromatic N) is 3. The minimum absolute atomic E-state index is 0.324. The Kier molecular flexibility index (Phi) is 7.85. The largest absolute Gasteiger partial charge is 0.317 e. The van der Waals surface area contributed by atoms with Gasteiger partial charge in [-0.25, -0.2) is 13.8 Å². The topological polar surface area (TPSA) is 83.8 Å². The highest BCUT2D eigenvalue weighted by atomic mass is 32.2. The van der Waals surface area contributed by atoms with Gasteiger partial charge in [-0.2, -0.15) is 5.10 Å². The Hall–Kier alpha value is -3.39. The van der Waals surface area contributed by atoms with Gasteiger partial charge in [-0.3, -0.25) is 9.10 Å². The standard InChI is InChI=1S/C27H34N4O3S/c1-18(2)23-11-13-25(14-12-23)30(35(7,33)34)17-26(32)29-28-16-24-15-21(5)31(22(24)6)27-19(3)9-8-10-20(27)4/h8-16,18H,17H2,1-7H3,(H,29,32)/b28-16-. The predicted octanol–water partition coefficient (Wildman–Crippen LogP) is 4.75. The van der Waals surface area contributed by atoms with Crippen molar-refractivity contribution in [2.24, 2.45) is 5.10 Å². The van der Waals surface area contributed by atoms with Crippen LogP contribution in [0.25, 0.3) is 5.69 Å². The van der Waals surface area contributed by atoms with Gasteiger partial charge < -0.3 is 4.57 Å². The molecule has 0 aliphatic carbocycles. The number of para-hydroxylation sites is 1. The average Bonchev–Trinajstić information content (AvgIpc) is 3.04. The quantitative estimate of drug-likeness (QED) is 0.362. The van der Waals surface area contributed by atoms with E-state index < -0.39 is 15.9 Å². The molecule has 3 rings (SSSR count). The zero-order valence-electron chi connectivity index (χ0n) is 21.5. The Morgan fingerprint density at radius 3 is 2.20 bits per heavy atom. The van der Waals surface area contributed by atoms with Crippen LogP contribution in [0, 0.1) is 27.7 Å². The van der Waals surface area contributed by atoms with E-state index in [4.69, 9.17) is 0 Å². The Morgan fingerprint density at radius 1 is 1.06 bits per heavy atom. The normalized spacial score (nSPS) is 11.9. The molecule has 0 saturated carbocycles. The summed E-state index contributed by atoms with van der Waals surface area (Å²) in [5.74, 6) is -0.201. The molecule has 0 bridgehead atoms. The van der Waals surface area contributed by atoms with Crippen LogP contribution in [-0.2, 0) is 14.8 Å². The molecule has 0 spiro atoms. The summed E-state index contributed by atoms with van der Waals surface area (Å²) >= 11 is 0. The molecule has 1 N–H and O–H groups in total. The van der Waals surface area contributed by atoms with Crippen molar-refractivity contribution in [1.82, 2.24) is 9.99 Å². The monoisotopic (exact) mass is 494 g/mol. The van der Waals surface area contributed by atoms with E-state index in [2.05, 4.69) is 54.9 Å². The summed E-state index contributed by atoms with van der Waals surface area (Å²) in [6, 6.07) is 15.4. The first-order valence-electron chi connectivity index (χ1n) is 11.5. The number of anilines is 1. The number of hydrazone groups is 1.